The van der Waals surface area contributed by atoms with E-state index in [4.69, 9.17) is 9.47 Å². The number of hydrogen-bond acceptors (Lipinski definition) is 4. The Labute approximate surface area is 158 Å². The molecule has 1 N–H and O–H groups in total. The van der Waals surface area contributed by atoms with Crippen LogP contribution in [0.2, 0.25) is 0 Å². The van der Waals surface area contributed by atoms with Gasteiger partial charge >= 0.3 is 6.18 Å². The number of anilines is 1. The van der Waals surface area contributed by atoms with E-state index in [9.17, 15) is 18.0 Å². The second-order valence-electron chi connectivity index (χ2n) is 6.39. The minimum Gasteiger partial charge on any atom is -0.338 e. The molecule has 0 bridgehead atoms. The van der Waals surface area contributed by atoms with Crippen LogP contribution in [-0.4, -0.2) is 24.8 Å². The second kappa shape index (κ2) is 6.85. The van der Waals surface area contributed by atoms with E-state index in [-0.39, 0.29) is 13.0 Å². The van der Waals surface area contributed by atoms with E-state index in [1.807, 2.05) is 36.4 Å². The van der Waals surface area contributed by atoms with Crippen molar-refractivity contribution in [1.82, 2.24) is 0 Å². The molecular formula is C19H16F3NO3S. The largest absolute Gasteiger partial charge is 0.391 e. The van der Waals surface area contributed by atoms with Gasteiger partial charge in [-0.2, -0.15) is 13.2 Å². The Balaban J connectivity index is 1.64. The standard InChI is InChI=1S/C19H16F3NO3S/c20-18(21,22)11-12-8-9-25-19(26-12)15-10-14(6-7-16(15)23-17(19)24)27-13-4-2-1-3-5-13/h1-7,10,12H,8-9,11H2,(H,23,24)/t12?,19-/m1/s1. The molecule has 1 spiro atoms. The third-order valence-electron chi connectivity index (χ3n) is 4.41. The maximum Gasteiger partial charge on any atom is 0.391 e. The van der Waals surface area contributed by atoms with Crippen LogP contribution in [0, 0.1) is 0 Å². The van der Waals surface area contributed by atoms with E-state index in [1.165, 1.54) is 11.8 Å². The fourth-order valence-electron chi connectivity index (χ4n) is 3.24. The molecule has 0 radical (unpaired) electrons. The summed E-state index contributed by atoms with van der Waals surface area (Å²) in [4.78, 5) is 14.4. The van der Waals surface area contributed by atoms with Crippen LogP contribution in [0.25, 0.3) is 0 Å². The van der Waals surface area contributed by atoms with E-state index in [0.717, 1.165) is 9.79 Å². The Morgan fingerprint density at radius 2 is 1.93 bits per heavy atom. The highest BCUT2D eigenvalue weighted by Crippen LogP contribution is 2.46. The van der Waals surface area contributed by atoms with Crippen molar-refractivity contribution < 1.29 is 27.4 Å². The number of hydrogen-bond donors (Lipinski definition) is 1. The summed E-state index contributed by atoms with van der Waals surface area (Å²) in [6, 6.07) is 14.9. The Bertz CT molecular complexity index is 859. The molecule has 2 aromatic rings. The first-order valence-corrected chi connectivity index (χ1v) is 9.25. The molecule has 142 valence electrons. The molecule has 2 heterocycles. The first-order valence-electron chi connectivity index (χ1n) is 8.43. The highest BCUT2D eigenvalue weighted by atomic mass is 32.2. The number of amides is 1. The Hall–Kier alpha value is -2.03. The predicted molar refractivity (Wildman–Crippen MR) is 93.4 cm³/mol. The van der Waals surface area contributed by atoms with Crippen LogP contribution in [-0.2, 0) is 20.1 Å². The van der Waals surface area contributed by atoms with Gasteiger partial charge in [-0.05, 0) is 36.8 Å². The van der Waals surface area contributed by atoms with Gasteiger partial charge < -0.3 is 14.8 Å². The molecule has 1 unspecified atom stereocenters. The lowest BCUT2D eigenvalue weighted by atomic mass is 10.0. The summed E-state index contributed by atoms with van der Waals surface area (Å²) in [6.07, 6.45) is -6.52. The lowest BCUT2D eigenvalue weighted by molar-refractivity contribution is -0.294. The molecular weight excluding hydrogens is 379 g/mol. The van der Waals surface area contributed by atoms with E-state index in [1.54, 1.807) is 12.1 Å². The third kappa shape index (κ3) is 3.69. The van der Waals surface area contributed by atoms with E-state index < -0.39 is 30.4 Å². The quantitative estimate of drug-likeness (QED) is 0.818. The van der Waals surface area contributed by atoms with Gasteiger partial charge in [0, 0.05) is 15.4 Å². The molecule has 0 aromatic heterocycles. The Morgan fingerprint density at radius 1 is 1.15 bits per heavy atom. The minimum atomic E-state index is -4.37. The van der Waals surface area contributed by atoms with Gasteiger partial charge in [0.1, 0.15) is 0 Å². The Kier molecular flexibility index (Phi) is 4.65. The molecule has 1 amide bonds. The molecule has 0 saturated carbocycles. The van der Waals surface area contributed by atoms with Gasteiger partial charge in [-0.15, -0.1) is 0 Å². The fraction of sp³-hybridized carbons (Fsp3) is 0.316. The minimum absolute atomic E-state index is 0.0175. The zero-order valence-electron chi connectivity index (χ0n) is 14.1. The van der Waals surface area contributed by atoms with E-state index in [0.29, 0.717) is 11.3 Å². The highest BCUT2D eigenvalue weighted by molar-refractivity contribution is 7.99. The number of nitrogens with one attached hydrogen (secondary N) is 1. The first kappa shape index (κ1) is 18.3. The SMILES string of the molecule is O=C1Nc2ccc(Sc3ccccc3)cc2[C@]12OCCC(CC(F)(F)F)O2. The van der Waals surface area contributed by atoms with Crippen molar-refractivity contribution in [2.24, 2.45) is 0 Å². The molecule has 2 aliphatic rings. The molecule has 8 heteroatoms. The van der Waals surface area contributed by atoms with E-state index in [2.05, 4.69) is 5.32 Å². The molecule has 1 fully saturated rings. The van der Waals surface area contributed by atoms with Crippen molar-refractivity contribution in [3.8, 4) is 0 Å². The normalized spacial score (nSPS) is 24.7. The van der Waals surface area contributed by atoms with Crippen LogP contribution >= 0.6 is 11.8 Å². The average Bonchev–Trinajstić information content (AvgIpc) is 2.86. The summed E-state index contributed by atoms with van der Waals surface area (Å²) in [6.45, 7) is 0.0175. The topological polar surface area (TPSA) is 47.6 Å². The summed E-state index contributed by atoms with van der Waals surface area (Å²) in [5, 5.41) is 2.65. The summed E-state index contributed by atoms with van der Waals surface area (Å²) in [5.41, 5.74) is 0.908. The molecule has 27 heavy (non-hydrogen) atoms. The molecule has 2 aromatic carbocycles. The molecule has 4 rings (SSSR count). The summed E-state index contributed by atoms with van der Waals surface area (Å²) < 4.78 is 49.6. The van der Waals surface area contributed by atoms with Crippen LogP contribution in [0.4, 0.5) is 18.9 Å². The lowest BCUT2D eigenvalue weighted by Crippen LogP contribution is -2.48. The lowest BCUT2D eigenvalue weighted by Gasteiger charge is -2.37. The number of fused-ring (bicyclic) bond motifs is 2. The van der Waals surface area contributed by atoms with Crippen LogP contribution in [0.3, 0.4) is 0 Å². The monoisotopic (exact) mass is 395 g/mol. The predicted octanol–water partition coefficient (Wildman–Crippen LogP) is 4.70. The molecule has 1 saturated heterocycles. The number of alkyl halides is 3. The number of ether oxygens (including phenoxy) is 2. The van der Waals surface area contributed by atoms with Crippen molar-refractivity contribution in [1.29, 1.82) is 0 Å². The maximum absolute atomic E-state index is 12.8. The van der Waals surface area contributed by atoms with Crippen LogP contribution in [0.5, 0.6) is 0 Å². The summed E-state index contributed by atoms with van der Waals surface area (Å²) in [5.74, 6) is -2.41. The molecule has 2 atom stereocenters. The first-order chi connectivity index (χ1) is 12.9. The number of carbonyl (C=O) groups excluding carboxylic acids is 1. The van der Waals surface area contributed by atoms with Gasteiger partial charge in [-0.1, -0.05) is 30.0 Å². The van der Waals surface area contributed by atoms with Crippen molar-refractivity contribution in [2.75, 3.05) is 11.9 Å². The van der Waals surface area contributed by atoms with Crippen molar-refractivity contribution in [3.63, 3.8) is 0 Å². The van der Waals surface area contributed by atoms with Crippen molar-refractivity contribution in [3.05, 3.63) is 54.1 Å². The fourth-order valence-corrected chi connectivity index (χ4v) is 4.12. The number of benzene rings is 2. The number of carbonyl (C=O) groups is 1. The van der Waals surface area contributed by atoms with Crippen LogP contribution in [0.15, 0.2) is 58.3 Å². The van der Waals surface area contributed by atoms with Crippen LogP contribution in [0.1, 0.15) is 18.4 Å². The summed E-state index contributed by atoms with van der Waals surface area (Å²) >= 11 is 1.48. The third-order valence-corrected chi connectivity index (χ3v) is 5.41. The van der Waals surface area contributed by atoms with Crippen LogP contribution < -0.4 is 5.32 Å². The smallest absolute Gasteiger partial charge is 0.338 e. The Morgan fingerprint density at radius 3 is 2.67 bits per heavy atom. The molecule has 0 aliphatic carbocycles. The van der Waals surface area contributed by atoms with Crippen molar-refractivity contribution >= 4 is 23.4 Å². The zero-order chi connectivity index (χ0) is 19.1. The van der Waals surface area contributed by atoms with Gasteiger partial charge in [0.2, 0.25) is 0 Å². The number of halogens is 3. The molecule has 2 aliphatic heterocycles. The van der Waals surface area contributed by atoms with Gasteiger partial charge in [-0.25, -0.2) is 0 Å². The van der Waals surface area contributed by atoms with Crippen molar-refractivity contribution in [2.45, 2.75) is 40.7 Å². The zero-order valence-corrected chi connectivity index (χ0v) is 14.9. The van der Waals surface area contributed by atoms with Gasteiger partial charge in [0.05, 0.1) is 24.8 Å². The summed E-state index contributed by atoms with van der Waals surface area (Å²) in [7, 11) is 0. The second-order valence-corrected chi connectivity index (χ2v) is 7.54. The van der Waals surface area contributed by atoms with E-state index >= 15 is 0 Å². The highest BCUT2D eigenvalue weighted by Gasteiger charge is 2.54. The van der Waals surface area contributed by atoms with Gasteiger partial charge in [-0.3, -0.25) is 4.79 Å². The average molecular weight is 395 g/mol. The van der Waals surface area contributed by atoms with Gasteiger partial charge in [0.25, 0.3) is 11.7 Å². The molecule has 4 nitrogen and oxygen atoms in total. The number of rotatable bonds is 3. The maximum atomic E-state index is 12.8. The van der Waals surface area contributed by atoms with Gasteiger partial charge in [0.15, 0.2) is 0 Å².